The lowest BCUT2D eigenvalue weighted by atomic mass is 10.1. The summed E-state index contributed by atoms with van der Waals surface area (Å²) in [4.78, 5) is 16.7. The molecule has 7 nitrogen and oxygen atoms in total. The van der Waals surface area contributed by atoms with Gasteiger partial charge >= 0.3 is 0 Å². The number of rotatable bonds is 2. The van der Waals surface area contributed by atoms with Crippen LogP contribution in [-0.4, -0.2) is 35.7 Å². The van der Waals surface area contributed by atoms with Gasteiger partial charge in [0.25, 0.3) is 5.69 Å². The smallest absolute Gasteiger partial charge is 0.278 e. The summed E-state index contributed by atoms with van der Waals surface area (Å²) in [7, 11) is 0. The Bertz CT molecular complexity index is 741. The van der Waals surface area contributed by atoms with Gasteiger partial charge in [0.15, 0.2) is 6.10 Å². The zero-order chi connectivity index (χ0) is 14.8. The zero-order valence-electron chi connectivity index (χ0n) is 11.1. The molecule has 7 heteroatoms. The number of ether oxygens (including phenoxy) is 1. The molecule has 1 saturated heterocycles. The average molecular weight is 284 g/mol. The van der Waals surface area contributed by atoms with Gasteiger partial charge < -0.3 is 9.64 Å². The Morgan fingerprint density at radius 2 is 2.29 bits per heavy atom. The predicted octanol–water partition coefficient (Wildman–Crippen LogP) is 1.87. The van der Waals surface area contributed by atoms with Crippen LogP contribution in [0.5, 0.6) is 0 Å². The van der Waals surface area contributed by atoms with E-state index in [1.54, 1.807) is 18.3 Å². The van der Waals surface area contributed by atoms with Crippen LogP contribution in [0.1, 0.15) is 0 Å². The number of nitriles is 1. The summed E-state index contributed by atoms with van der Waals surface area (Å²) in [6, 6.07) is 7.06. The maximum absolute atomic E-state index is 11.1. The van der Waals surface area contributed by atoms with E-state index in [9.17, 15) is 10.1 Å². The van der Waals surface area contributed by atoms with Crippen LogP contribution in [-0.2, 0) is 4.74 Å². The molecule has 21 heavy (non-hydrogen) atoms. The van der Waals surface area contributed by atoms with E-state index >= 15 is 0 Å². The Labute approximate surface area is 120 Å². The van der Waals surface area contributed by atoms with Crippen LogP contribution in [0, 0.1) is 21.4 Å². The van der Waals surface area contributed by atoms with Crippen LogP contribution in [0.15, 0.2) is 30.6 Å². The van der Waals surface area contributed by atoms with Gasteiger partial charge in [-0.05, 0) is 12.1 Å². The van der Waals surface area contributed by atoms with Crippen molar-refractivity contribution in [1.82, 2.24) is 4.98 Å². The maximum atomic E-state index is 11.1. The number of aromatic nitrogens is 1. The second kappa shape index (κ2) is 5.34. The number of nitro benzene ring substituents is 1. The zero-order valence-corrected chi connectivity index (χ0v) is 11.1. The monoisotopic (exact) mass is 284 g/mol. The van der Waals surface area contributed by atoms with Gasteiger partial charge in [0, 0.05) is 36.1 Å². The molecule has 1 aliphatic rings. The fourth-order valence-electron chi connectivity index (χ4n) is 2.54. The molecule has 0 amide bonds. The van der Waals surface area contributed by atoms with Crippen molar-refractivity contribution < 1.29 is 9.66 Å². The van der Waals surface area contributed by atoms with Gasteiger partial charge in [-0.15, -0.1) is 0 Å². The van der Waals surface area contributed by atoms with Crippen molar-refractivity contribution in [3.63, 3.8) is 0 Å². The van der Waals surface area contributed by atoms with Crippen molar-refractivity contribution in [3.05, 3.63) is 40.7 Å². The number of anilines is 1. The average Bonchev–Trinajstić information content (AvgIpc) is 2.53. The van der Waals surface area contributed by atoms with E-state index in [0.717, 1.165) is 11.1 Å². The molecule has 0 N–H and O–H groups in total. The molecule has 0 aliphatic carbocycles. The fraction of sp³-hybridized carbons (Fsp3) is 0.286. The number of morpholine rings is 1. The fourth-order valence-corrected chi connectivity index (χ4v) is 2.54. The van der Waals surface area contributed by atoms with Gasteiger partial charge in [-0.1, -0.05) is 0 Å². The summed E-state index contributed by atoms with van der Waals surface area (Å²) in [5.74, 6) is 0. The first-order chi connectivity index (χ1) is 10.2. The minimum atomic E-state index is -0.481. The van der Waals surface area contributed by atoms with E-state index in [4.69, 9.17) is 10.00 Å². The SMILES string of the molecule is N#CC1CN(c2ccc([N+](=O)[O-])c3cnccc23)CCO1. The molecule has 1 atom stereocenters. The number of nitrogens with zero attached hydrogens (tertiary/aromatic N) is 4. The number of hydrogen-bond acceptors (Lipinski definition) is 6. The van der Waals surface area contributed by atoms with Crippen molar-refractivity contribution in [2.24, 2.45) is 0 Å². The summed E-state index contributed by atoms with van der Waals surface area (Å²) < 4.78 is 5.33. The Morgan fingerprint density at radius 1 is 1.43 bits per heavy atom. The topological polar surface area (TPSA) is 92.3 Å². The highest BCUT2D eigenvalue weighted by Gasteiger charge is 2.23. The Morgan fingerprint density at radius 3 is 3.05 bits per heavy atom. The maximum Gasteiger partial charge on any atom is 0.278 e. The van der Waals surface area contributed by atoms with Crippen LogP contribution in [0.3, 0.4) is 0 Å². The van der Waals surface area contributed by atoms with Crippen molar-refractivity contribution in [3.8, 4) is 6.07 Å². The molecule has 3 rings (SSSR count). The Balaban J connectivity index is 2.10. The highest BCUT2D eigenvalue weighted by Crippen LogP contribution is 2.33. The molecule has 1 unspecified atom stereocenters. The second-order valence-corrected chi connectivity index (χ2v) is 4.72. The predicted molar refractivity (Wildman–Crippen MR) is 76.0 cm³/mol. The largest absolute Gasteiger partial charge is 0.365 e. The lowest BCUT2D eigenvalue weighted by Gasteiger charge is -2.32. The molecule has 1 aromatic heterocycles. The summed E-state index contributed by atoms with van der Waals surface area (Å²) in [6.45, 7) is 1.56. The first-order valence-electron chi connectivity index (χ1n) is 6.48. The summed E-state index contributed by atoms with van der Waals surface area (Å²) in [5, 5.41) is 21.3. The quantitative estimate of drug-likeness (QED) is 0.617. The summed E-state index contributed by atoms with van der Waals surface area (Å²) in [6.07, 6.45) is 2.63. The van der Waals surface area contributed by atoms with Crippen molar-refractivity contribution in [2.45, 2.75) is 6.10 Å². The van der Waals surface area contributed by atoms with Gasteiger partial charge in [-0.3, -0.25) is 15.1 Å². The van der Waals surface area contributed by atoms with Crippen LogP contribution in [0.2, 0.25) is 0 Å². The molecule has 1 fully saturated rings. The summed E-state index contributed by atoms with van der Waals surface area (Å²) in [5.41, 5.74) is 0.897. The van der Waals surface area contributed by atoms with Gasteiger partial charge in [0.1, 0.15) is 0 Å². The lowest BCUT2D eigenvalue weighted by molar-refractivity contribution is -0.383. The van der Waals surface area contributed by atoms with E-state index in [1.807, 2.05) is 4.90 Å². The minimum absolute atomic E-state index is 0.0342. The molecule has 2 aromatic rings. The normalized spacial score (nSPS) is 18.4. The molecule has 0 spiro atoms. The first kappa shape index (κ1) is 13.3. The number of benzene rings is 1. The standard InChI is InChI=1S/C14H12N4O3/c15-7-10-9-17(5-6-21-10)13-1-2-14(18(19)20)12-8-16-4-3-11(12)13/h1-4,8,10H,5-6,9H2. The van der Waals surface area contributed by atoms with Gasteiger partial charge in [0.2, 0.25) is 0 Å². The third-order valence-electron chi connectivity index (χ3n) is 3.52. The molecule has 2 heterocycles. The highest BCUT2D eigenvalue weighted by atomic mass is 16.6. The van der Waals surface area contributed by atoms with Crippen LogP contribution in [0.4, 0.5) is 11.4 Å². The lowest BCUT2D eigenvalue weighted by Crippen LogP contribution is -2.41. The molecule has 1 aliphatic heterocycles. The highest BCUT2D eigenvalue weighted by molar-refractivity contribution is 5.99. The van der Waals surface area contributed by atoms with Crippen LogP contribution >= 0.6 is 0 Å². The van der Waals surface area contributed by atoms with Crippen molar-refractivity contribution >= 4 is 22.1 Å². The molecular weight excluding hydrogens is 272 g/mol. The summed E-state index contributed by atoms with van der Waals surface area (Å²) >= 11 is 0. The van der Waals surface area contributed by atoms with Gasteiger partial charge in [0.05, 0.1) is 29.5 Å². The second-order valence-electron chi connectivity index (χ2n) is 4.72. The molecule has 106 valence electrons. The number of non-ortho nitro benzene ring substituents is 1. The Hall–Kier alpha value is -2.72. The van der Waals surface area contributed by atoms with E-state index in [-0.39, 0.29) is 5.69 Å². The molecule has 0 saturated carbocycles. The van der Waals surface area contributed by atoms with Crippen molar-refractivity contribution in [1.29, 1.82) is 5.26 Å². The number of hydrogen-bond donors (Lipinski definition) is 0. The van der Waals surface area contributed by atoms with Gasteiger partial charge in [-0.2, -0.15) is 5.26 Å². The van der Waals surface area contributed by atoms with Gasteiger partial charge in [-0.25, -0.2) is 0 Å². The van der Waals surface area contributed by atoms with Crippen LogP contribution in [0.25, 0.3) is 10.8 Å². The number of fused-ring (bicyclic) bond motifs is 1. The molecule has 1 aromatic carbocycles. The molecule has 0 radical (unpaired) electrons. The molecular formula is C14H12N4O3. The van der Waals surface area contributed by atoms with E-state index < -0.39 is 11.0 Å². The van der Waals surface area contributed by atoms with E-state index in [2.05, 4.69) is 11.1 Å². The van der Waals surface area contributed by atoms with Crippen molar-refractivity contribution in [2.75, 3.05) is 24.6 Å². The van der Waals surface area contributed by atoms with E-state index in [1.165, 1.54) is 12.3 Å². The van der Waals surface area contributed by atoms with E-state index in [0.29, 0.717) is 25.1 Å². The first-order valence-corrected chi connectivity index (χ1v) is 6.48. The van der Waals surface area contributed by atoms with Crippen LogP contribution < -0.4 is 4.90 Å². The third-order valence-corrected chi connectivity index (χ3v) is 3.52. The Kier molecular flexibility index (Phi) is 3.38. The molecule has 0 bridgehead atoms. The number of pyridine rings is 1. The minimum Gasteiger partial charge on any atom is -0.365 e. The number of nitro groups is 1. The third kappa shape index (κ3) is 2.37.